The predicted octanol–water partition coefficient (Wildman–Crippen LogP) is 1.85. The molecule has 0 aromatic heterocycles. The van der Waals surface area contributed by atoms with Gasteiger partial charge in [0, 0.05) is 6.92 Å². The maximum absolute atomic E-state index is 12.6. The molecule has 2 bridgehead atoms. The molecule has 2 amide bonds. The van der Waals surface area contributed by atoms with E-state index in [1.807, 2.05) is 0 Å². The molecule has 3 aliphatic rings. The minimum atomic E-state index is -1.48. The van der Waals surface area contributed by atoms with Crippen LogP contribution in [-0.2, 0) is 19.0 Å². The number of fused-ring (bicyclic) bond motifs is 3. The molecule has 1 fully saturated rings. The van der Waals surface area contributed by atoms with E-state index < -0.39 is 35.8 Å². The fourth-order valence-corrected chi connectivity index (χ4v) is 3.15. The van der Waals surface area contributed by atoms with Crippen LogP contribution in [0.1, 0.15) is 33.6 Å². The second-order valence-electron chi connectivity index (χ2n) is 5.64. The first kappa shape index (κ1) is 18.6. The summed E-state index contributed by atoms with van der Waals surface area (Å²) in [6.07, 6.45) is 8.43. The van der Waals surface area contributed by atoms with Gasteiger partial charge in [-0.2, -0.15) is 0 Å². The van der Waals surface area contributed by atoms with Gasteiger partial charge in [0.15, 0.2) is 0 Å². The highest BCUT2D eigenvalue weighted by atomic mass is 16.6. The van der Waals surface area contributed by atoms with E-state index in [0.717, 1.165) is 5.01 Å². The topological polar surface area (TPSA) is 85.4 Å². The number of rotatable bonds is 3. The van der Waals surface area contributed by atoms with Gasteiger partial charge in [-0.15, -0.1) is 6.42 Å². The monoisotopic (exact) mass is 350 g/mol. The van der Waals surface area contributed by atoms with Gasteiger partial charge in [0.25, 0.3) is 0 Å². The van der Waals surface area contributed by atoms with Crippen molar-refractivity contribution < 1.29 is 28.6 Å². The first-order valence-electron chi connectivity index (χ1n) is 8.18. The quantitative estimate of drug-likeness (QED) is 0.334. The summed E-state index contributed by atoms with van der Waals surface area (Å²) in [5.41, 5.74) is -1.48. The largest absolute Gasteiger partial charge is 0.448 e. The van der Waals surface area contributed by atoms with E-state index in [1.54, 1.807) is 26.0 Å². The summed E-state index contributed by atoms with van der Waals surface area (Å²) < 4.78 is 15.6. The maximum Gasteiger partial charge on any atom is 0.429 e. The molecule has 0 radical (unpaired) electrons. The van der Waals surface area contributed by atoms with E-state index in [9.17, 15) is 14.4 Å². The smallest absolute Gasteiger partial charge is 0.429 e. The van der Waals surface area contributed by atoms with Gasteiger partial charge in [0.1, 0.15) is 6.04 Å². The molecule has 1 unspecified atom stereocenters. The first-order valence-corrected chi connectivity index (χ1v) is 8.18. The molecule has 0 spiro atoms. The molecule has 8 heteroatoms. The number of hydrazine groups is 1. The van der Waals surface area contributed by atoms with Crippen LogP contribution < -0.4 is 0 Å². The number of hydrogen-bond acceptors (Lipinski definition) is 6. The summed E-state index contributed by atoms with van der Waals surface area (Å²) in [7, 11) is 0. The van der Waals surface area contributed by atoms with Gasteiger partial charge >= 0.3 is 18.2 Å². The van der Waals surface area contributed by atoms with Crippen molar-refractivity contribution in [2.45, 2.75) is 51.3 Å². The Morgan fingerprint density at radius 3 is 2.28 bits per heavy atom. The van der Waals surface area contributed by atoms with E-state index in [-0.39, 0.29) is 13.2 Å². The minimum absolute atomic E-state index is 0.118. The zero-order chi connectivity index (χ0) is 18.6. The molecule has 0 saturated carbocycles. The molecule has 1 saturated heterocycles. The summed E-state index contributed by atoms with van der Waals surface area (Å²) in [5, 5.41) is 2.31. The summed E-state index contributed by atoms with van der Waals surface area (Å²) in [4.78, 5) is 36.6. The molecule has 25 heavy (non-hydrogen) atoms. The molecule has 1 aliphatic carbocycles. The first-order chi connectivity index (χ1) is 11.9. The Morgan fingerprint density at radius 2 is 1.76 bits per heavy atom. The number of ether oxygens (including phenoxy) is 3. The lowest BCUT2D eigenvalue weighted by Gasteiger charge is -2.47. The molecule has 0 aromatic rings. The molecular formula is C17H22N2O6. The van der Waals surface area contributed by atoms with Crippen LogP contribution >= 0.6 is 0 Å². The number of carbonyl (C=O) groups excluding carboxylic acids is 3. The van der Waals surface area contributed by atoms with Crippen LogP contribution in [0.3, 0.4) is 0 Å². The lowest BCUT2D eigenvalue weighted by Crippen LogP contribution is -2.65. The SMILES string of the molecule is C#CC1(OC(C)=O)C=C[C@H]2CC[C@@H]1N(C(=O)OCC)N2C(=O)OCC. The van der Waals surface area contributed by atoms with Crippen molar-refractivity contribution in [2.24, 2.45) is 0 Å². The number of amides is 2. The molecule has 136 valence electrons. The molecule has 0 N–H and O–H groups in total. The Balaban J connectivity index is 2.51. The van der Waals surface area contributed by atoms with Crippen molar-refractivity contribution in [2.75, 3.05) is 13.2 Å². The summed E-state index contributed by atoms with van der Waals surface area (Å²) in [6.45, 7) is 4.83. The Morgan fingerprint density at radius 1 is 1.16 bits per heavy atom. The van der Waals surface area contributed by atoms with Crippen LogP contribution in [0.4, 0.5) is 9.59 Å². The number of hydrogen-bond donors (Lipinski definition) is 0. The van der Waals surface area contributed by atoms with Crippen LogP contribution in [0.5, 0.6) is 0 Å². The van der Waals surface area contributed by atoms with Gasteiger partial charge in [0.2, 0.25) is 5.60 Å². The van der Waals surface area contributed by atoms with Crippen LogP contribution in [0, 0.1) is 12.3 Å². The van der Waals surface area contributed by atoms with Gasteiger partial charge < -0.3 is 14.2 Å². The van der Waals surface area contributed by atoms with E-state index in [4.69, 9.17) is 20.6 Å². The lowest BCUT2D eigenvalue weighted by atomic mass is 9.91. The summed E-state index contributed by atoms with van der Waals surface area (Å²) in [5.74, 6) is 1.89. The van der Waals surface area contributed by atoms with Gasteiger partial charge in [-0.25, -0.2) is 19.6 Å². The molecule has 3 atom stereocenters. The minimum Gasteiger partial charge on any atom is -0.448 e. The fraction of sp³-hybridized carbons (Fsp3) is 0.588. The Bertz CT molecular complexity index is 625. The van der Waals surface area contributed by atoms with Gasteiger partial charge in [-0.3, -0.25) is 4.79 Å². The van der Waals surface area contributed by atoms with E-state index in [1.165, 1.54) is 11.9 Å². The van der Waals surface area contributed by atoms with E-state index >= 15 is 0 Å². The Kier molecular flexibility index (Phi) is 5.57. The third-order valence-electron chi connectivity index (χ3n) is 4.09. The molecule has 0 aromatic carbocycles. The zero-order valence-corrected chi connectivity index (χ0v) is 14.6. The highest BCUT2D eigenvalue weighted by molar-refractivity contribution is 5.76. The third kappa shape index (κ3) is 3.40. The zero-order valence-electron chi connectivity index (χ0n) is 14.6. The molecule has 2 aliphatic heterocycles. The predicted molar refractivity (Wildman–Crippen MR) is 87.0 cm³/mol. The highest BCUT2D eigenvalue weighted by Crippen LogP contribution is 2.38. The second kappa shape index (κ2) is 7.47. The van der Waals surface area contributed by atoms with Gasteiger partial charge in [0.05, 0.1) is 19.3 Å². The van der Waals surface area contributed by atoms with Crippen molar-refractivity contribution in [3.63, 3.8) is 0 Å². The van der Waals surface area contributed by atoms with Crippen molar-refractivity contribution in [1.82, 2.24) is 10.0 Å². The van der Waals surface area contributed by atoms with Gasteiger partial charge in [-0.1, -0.05) is 12.0 Å². The Labute approximate surface area is 146 Å². The van der Waals surface area contributed by atoms with Crippen LogP contribution in [0.2, 0.25) is 0 Å². The van der Waals surface area contributed by atoms with Crippen molar-refractivity contribution >= 4 is 18.2 Å². The molecule has 8 nitrogen and oxygen atoms in total. The van der Waals surface area contributed by atoms with Crippen LogP contribution in [0.15, 0.2) is 12.2 Å². The van der Waals surface area contributed by atoms with Gasteiger partial charge in [-0.05, 0) is 32.8 Å². The van der Waals surface area contributed by atoms with E-state index in [2.05, 4.69) is 5.92 Å². The highest BCUT2D eigenvalue weighted by Gasteiger charge is 2.54. The molecule has 2 heterocycles. The Hall–Kier alpha value is -2.69. The van der Waals surface area contributed by atoms with Crippen molar-refractivity contribution in [3.05, 3.63) is 12.2 Å². The summed E-state index contributed by atoms with van der Waals surface area (Å²) >= 11 is 0. The standard InChI is InChI=1S/C17H22N2O6/c1-5-17(25-12(4)20)11-10-13-8-9-14(17)19(16(22)24-7-3)18(13)15(21)23-6-2/h1,10-11,13-14H,6-9H2,2-4H3/t13-,14+,17?/m1/s1. The number of nitrogens with zero attached hydrogens (tertiary/aromatic N) is 2. The van der Waals surface area contributed by atoms with Crippen molar-refractivity contribution in [1.29, 1.82) is 0 Å². The number of esters is 1. The van der Waals surface area contributed by atoms with E-state index in [0.29, 0.717) is 12.8 Å². The van der Waals surface area contributed by atoms with Crippen LogP contribution in [-0.4, -0.2) is 59.1 Å². The van der Waals surface area contributed by atoms with Crippen molar-refractivity contribution in [3.8, 4) is 12.3 Å². The third-order valence-corrected chi connectivity index (χ3v) is 4.09. The number of terminal acetylenes is 1. The molecule has 3 rings (SSSR count). The normalized spacial score (nSPS) is 27.3. The lowest BCUT2D eigenvalue weighted by molar-refractivity contribution is -0.161. The fourth-order valence-electron chi connectivity index (χ4n) is 3.15. The number of carbonyl (C=O) groups is 3. The maximum atomic E-state index is 12.6. The second-order valence-corrected chi connectivity index (χ2v) is 5.64. The average Bonchev–Trinajstić information content (AvgIpc) is 2.82. The molecular weight excluding hydrogens is 328 g/mol. The van der Waals surface area contributed by atoms with Crippen LogP contribution in [0.25, 0.3) is 0 Å². The average molecular weight is 350 g/mol. The summed E-state index contributed by atoms with van der Waals surface area (Å²) in [6, 6.07) is -1.23.